The molecule has 0 unspecified atom stereocenters. The van der Waals surface area contributed by atoms with Crippen LogP contribution in [0.2, 0.25) is 0 Å². The second-order valence-corrected chi connectivity index (χ2v) is 7.88. The van der Waals surface area contributed by atoms with Crippen molar-refractivity contribution in [3.63, 3.8) is 0 Å². The second-order valence-electron chi connectivity index (χ2n) is 6.77. The van der Waals surface area contributed by atoms with Crippen LogP contribution in [0.5, 0.6) is 0 Å². The maximum absolute atomic E-state index is 5.00. The Labute approximate surface area is 142 Å². The zero-order valence-corrected chi connectivity index (χ0v) is 14.6. The third-order valence-electron chi connectivity index (χ3n) is 5.22. The number of nitrogens with zero attached hydrogens (tertiary/aromatic N) is 4. The van der Waals surface area contributed by atoms with E-state index in [4.69, 9.17) is 4.98 Å². The highest BCUT2D eigenvalue weighted by molar-refractivity contribution is 7.11. The van der Waals surface area contributed by atoms with Crippen molar-refractivity contribution in [1.29, 1.82) is 0 Å². The molecule has 2 aromatic rings. The molecule has 5 heteroatoms. The van der Waals surface area contributed by atoms with E-state index in [1.165, 1.54) is 49.2 Å². The molecule has 0 spiro atoms. The van der Waals surface area contributed by atoms with Crippen molar-refractivity contribution in [1.82, 2.24) is 19.9 Å². The van der Waals surface area contributed by atoms with Crippen LogP contribution in [0.15, 0.2) is 18.6 Å². The molecule has 1 saturated heterocycles. The Morgan fingerprint density at radius 2 is 2.13 bits per heavy atom. The van der Waals surface area contributed by atoms with Crippen LogP contribution in [-0.4, -0.2) is 32.9 Å². The van der Waals surface area contributed by atoms with E-state index in [9.17, 15) is 0 Å². The molecule has 23 heavy (non-hydrogen) atoms. The lowest BCUT2D eigenvalue weighted by Crippen LogP contribution is -2.36. The van der Waals surface area contributed by atoms with E-state index in [1.54, 1.807) is 17.3 Å². The normalized spacial score (nSPS) is 23.4. The van der Waals surface area contributed by atoms with E-state index in [-0.39, 0.29) is 0 Å². The van der Waals surface area contributed by atoms with Crippen molar-refractivity contribution < 1.29 is 0 Å². The molecular formula is C18H24N4S. The lowest BCUT2D eigenvalue weighted by Gasteiger charge is -2.35. The van der Waals surface area contributed by atoms with Crippen LogP contribution in [0.25, 0.3) is 0 Å². The van der Waals surface area contributed by atoms with Gasteiger partial charge in [-0.1, -0.05) is 0 Å². The number of piperidine rings is 1. The van der Waals surface area contributed by atoms with Crippen molar-refractivity contribution in [2.75, 3.05) is 13.1 Å². The summed E-state index contributed by atoms with van der Waals surface area (Å²) in [6.45, 7) is 4.50. The molecule has 1 aliphatic heterocycles. The van der Waals surface area contributed by atoms with Gasteiger partial charge in [0.25, 0.3) is 0 Å². The Morgan fingerprint density at radius 1 is 1.22 bits per heavy atom. The monoisotopic (exact) mass is 328 g/mol. The molecule has 1 aliphatic carbocycles. The largest absolute Gasteiger partial charge is 0.294 e. The van der Waals surface area contributed by atoms with Crippen LogP contribution in [0.3, 0.4) is 0 Å². The van der Waals surface area contributed by atoms with E-state index in [2.05, 4.69) is 21.8 Å². The highest BCUT2D eigenvalue weighted by Crippen LogP contribution is 2.36. The quantitative estimate of drug-likeness (QED) is 0.860. The van der Waals surface area contributed by atoms with Crippen LogP contribution in [-0.2, 0) is 12.8 Å². The molecule has 4 rings (SSSR count). The molecule has 0 aromatic carbocycles. The number of fused-ring (bicyclic) bond motifs is 1. The van der Waals surface area contributed by atoms with E-state index in [0.717, 1.165) is 18.8 Å². The van der Waals surface area contributed by atoms with Crippen molar-refractivity contribution >= 4 is 11.3 Å². The average Bonchev–Trinajstić information content (AvgIpc) is 3.06. The zero-order valence-electron chi connectivity index (χ0n) is 13.7. The molecule has 3 heterocycles. The minimum Gasteiger partial charge on any atom is -0.294 e. The maximum Gasteiger partial charge on any atom is 0.0974 e. The van der Waals surface area contributed by atoms with Crippen LogP contribution in [0.4, 0.5) is 0 Å². The smallest absolute Gasteiger partial charge is 0.0974 e. The number of hydrogen-bond acceptors (Lipinski definition) is 5. The van der Waals surface area contributed by atoms with Gasteiger partial charge in [-0.25, -0.2) is 4.98 Å². The number of hydrogen-bond donors (Lipinski definition) is 0. The van der Waals surface area contributed by atoms with Crippen molar-refractivity contribution in [2.45, 2.75) is 57.4 Å². The summed E-state index contributed by atoms with van der Waals surface area (Å²) < 4.78 is 0. The first-order chi connectivity index (χ1) is 11.3. The fourth-order valence-corrected chi connectivity index (χ4v) is 5.10. The van der Waals surface area contributed by atoms with Crippen LogP contribution < -0.4 is 0 Å². The zero-order chi connectivity index (χ0) is 15.6. The second kappa shape index (κ2) is 6.65. The molecule has 2 aliphatic rings. The van der Waals surface area contributed by atoms with Crippen LogP contribution in [0.1, 0.15) is 65.8 Å². The molecule has 0 radical (unpaired) electrons. The Kier molecular flexibility index (Phi) is 4.40. The van der Waals surface area contributed by atoms with Gasteiger partial charge in [0.2, 0.25) is 0 Å². The summed E-state index contributed by atoms with van der Waals surface area (Å²) in [7, 11) is 0. The lowest BCUT2D eigenvalue weighted by molar-refractivity contribution is 0.155. The summed E-state index contributed by atoms with van der Waals surface area (Å²) in [5, 5.41) is 1.38. The topological polar surface area (TPSA) is 41.9 Å². The number of aromatic nitrogens is 3. The highest BCUT2D eigenvalue weighted by Gasteiger charge is 2.29. The fourth-order valence-electron chi connectivity index (χ4n) is 3.82. The summed E-state index contributed by atoms with van der Waals surface area (Å²) >= 11 is 1.99. The van der Waals surface area contributed by atoms with Gasteiger partial charge in [-0.15, -0.1) is 11.3 Å². The van der Waals surface area contributed by atoms with Crippen LogP contribution in [0, 0.1) is 0 Å². The summed E-state index contributed by atoms with van der Waals surface area (Å²) in [4.78, 5) is 17.8. The summed E-state index contributed by atoms with van der Waals surface area (Å²) in [5.41, 5.74) is 2.47. The van der Waals surface area contributed by atoms with E-state index >= 15 is 0 Å². The molecule has 0 N–H and O–H groups in total. The maximum atomic E-state index is 5.00. The van der Waals surface area contributed by atoms with E-state index < -0.39 is 0 Å². The molecule has 1 fully saturated rings. The summed E-state index contributed by atoms with van der Waals surface area (Å²) in [6.07, 6.45) is 13.1. The van der Waals surface area contributed by atoms with Gasteiger partial charge in [0, 0.05) is 35.9 Å². The minimum absolute atomic E-state index is 0.334. The Bertz CT molecular complexity index is 631. The first kappa shape index (κ1) is 15.2. The Morgan fingerprint density at radius 3 is 2.96 bits per heavy atom. The van der Waals surface area contributed by atoms with Crippen molar-refractivity contribution in [3.8, 4) is 0 Å². The van der Waals surface area contributed by atoms with Gasteiger partial charge in [-0.3, -0.25) is 14.9 Å². The van der Waals surface area contributed by atoms with E-state index in [0.29, 0.717) is 12.0 Å². The standard InChI is InChI=1S/C18H24N4S/c1-13(16-11-19-8-9-20-16)22-10-4-5-14(12-22)18-21-15-6-2-3-7-17(15)23-18/h8-9,11,13-14H,2-7,10,12H2,1H3/t13-,14+/m1/s1. The van der Waals surface area contributed by atoms with Gasteiger partial charge >= 0.3 is 0 Å². The number of rotatable bonds is 3. The van der Waals surface area contributed by atoms with Gasteiger partial charge in [0.15, 0.2) is 0 Å². The molecule has 122 valence electrons. The third kappa shape index (κ3) is 3.17. The Hall–Kier alpha value is -1.33. The van der Waals surface area contributed by atoms with Gasteiger partial charge in [0.05, 0.1) is 22.4 Å². The molecule has 2 aromatic heterocycles. The first-order valence-electron chi connectivity index (χ1n) is 8.79. The summed E-state index contributed by atoms with van der Waals surface area (Å²) in [6, 6.07) is 0.334. The van der Waals surface area contributed by atoms with Crippen molar-refractivity contribution in [2.24, 2.45) is 0 Å². The molecule has 2 atom stereocenters. The number of thiazole rings is 1. The van der Waals surface area contributed by atoms with Gasteiger partial charge in [-0.2, -0.15) is 0 Å². The average molecular weight is 328 g/mol. The third-order valence-corrected chi connectivity index (χ3v) is 6.54. The highest BCUT2D eigenvalue weighted by atomic mass is 32.1. The minimum atomic E-state index is 0.334. The molecular weight excluding hydrogens is 304 g/mol. The van der Waals surface area contributed by atoms with E-state index in [1.807, 2.05) is 17.5 Å². The van der Waals surface area contributed by atoms with Crippen molar-refractivity contribution in [3.05, 3.63) is 39.9 Å². The molecule has 4 nitrogen and oxygen atoms in total. The first-order valence-corrected chi connectivity index (χ1v) is 9.61. The van der Waals surface area contributed by atoms with Gasteiger partial charge in [-0.05, 0) is 52.0 Å². The fraction of sp³-hybridized carbons (Fsp3) is 0.611. The van der Waals surface area contributed by atoms with Gasteiger partial charge < -0.3 is 0 Å². The predicted octanol–water partition coefficient (Wildman–Crippen LogP) is 3.75. The predicted molar refractivity (Wildman–Crippen MR) is 92.8 cm³/mol. The molecule has 0 amide bonds. The number of likely N-dealkylation sites (tertiary alicyclic amines) is 1. The molecule has 0 bridgehead atoms. The summed E-state index contributed by atoms with van der Waals surface area (Å²) in [5.74, 6) is 0.596. The van der Waals surface area contributed by atoms with Gasteiger partial charge in [0.1, 0.15) is 0 Å². The Balaban J connectivity index is 1.49. The SMILES string of the molecule is C[C@H](c1cnccn1)N1CCC[C@H](c2nc3c(s2)CCCC3)C1. The number of aryl methyl sites for hydroxylation is 2. The van der Waals surface area contributed by atoms with Crippen LogP contribution >= 0.6 is 11.3 Å². The lowest BCUT2D eigenvalue weighted by atomic mass is 9.96. The molecule has 0 saturated carbocycles.